The number of nitrogens with one attached hydrogen (secondary N) is 1. The summed E-state index contributed by atoms with van der Waals surface area (Å²) in [7, 11) is 0. The zero-order valence-corrected chi connectivity index (χ0v) is 10.3. The van der Waals surface area contributed by atoms with Gasteiger partial charge in [-0.1, -0.05) is 30.3 Å². The third kappa shape index (κ3) is 2.77. The van der Waals surface area contributed by atoms with Crippen molar-refractivity contribution in [1.29, 1.82) is 0 Å². The SMILES string of the molecule is C(=NNc1ccccc1)c1ccc2ccncc2c1. The van der Waals surface area contributed by atoms with Gasteiger partial charge in [-0.3, -0.25) is 10.4 Å². The van der Waals surface area contributed by atoms with Gasteiger partial charge in [0.25, 0.3) is 0 Å². The average Bonchev–Trinajstić information content (AvgIpc) is 2.48. The van der Waals surface area contributed by atoms with Gasteiger partial charge in [-0.05, 0) is 35.2 Å². The fourth-order valence-electron chi connectivity index (χ4n) is 1.88. The number of anilines is 1. The van der Waals surface area contributed by atoms with Crippen molar-refractivity contribution in [3.63, 3.8) is 0 Å². The van der Waals surface area contributed by atoms with Crippen molar-refractivity contribution in [2.75, 3.05) is 5.43 Å². The number of nitrogens with zero attached hydrogens (tertiary/aromatic N) is 2. The van der Waals surface area contributed by atoms with E-state index in [1.807, 2.05) is 48.7 Å². The van der Waals surface area contributed by atoms with E-state index in [0.29, 0.717) is 0 Å². The molecule has 0 atom stereocenters. The monoisotopic (exact) mass is 247 g/mol. The van der Waals surface area contributed by atoms with Crippen LogP contribution in [-0.4, -0.2) is 11.2 Å². The second-order valence-electron chi connectivity index (χ2n) is 4.22. The molecule has 0 aliphatic carbocycles. The van der Waals surface area contributed by atoms with E-state index in [9.17, 15) is 0 Å². The summed E-state index contributed by atoms with van der Waals surface area (Å²) >= 11 is 0. The summed E-state index contributed by atoms with van der Waals surface area (Å²) in [5.74, 6) is 0. The van der Waals surface area contributed by atoms with Crippen LogP contribution in [0.4, 0.5) is 5.69 Å². The molecule has 0 saturated carbocycles. The Morgan fingerprint density at radius 2 is 1.84 bits per heavy atom. The van der Waals surface area contributed by atoms with Crippen molar-refractivity contribution in [1.82, 2.24) is 4.98 Å². The first-order valence-corrected chi connectivity index (χ1v) is 6.10. The van der Waals surface area contributed by atoms with Gasteiger partial charge in [-0.15, -0.1) is 0 Å². The lowest BCUT2D eigenvalue weighted by Gasteiger charge is -2.00. The first-order chi connectivity index (χ1) is 9.42. The van der Waals surface area contributed by atoms with Crippen LogP contribution in [0.3, 0.4) is 0 Å². The van der Waals surface area contributed by atoms with E-state index in [0.717, 1.165) is 16.6 Å². The van der Waals surface area contributed by atoms with Gasteiger partial charge in [0.2, 0.25) is 0 Å². The van der Waals surface area contributed by atoms with E-state index in [2.05, 4.69) is 27.6 Å². The smallest absolute Gasteiger partial charge is 0.0561 e. The minimum atomic E-state index is 0.973. The summed E-state index contributed by atoms with van der Waals surface area (Å²) in [5, 5.41) is 6.52. The molecule has 19 heavy (non-hydrogen) atoms. The molecule has 0 aliphatic rings. The molecule has 2 aromatic carbocycles. The van der Waals surface area contributed by atoms with Crippen LogP contribution in [0, 0.1) is 0 Å². The molecule has 0 saturated heterocycles. The van der Waals surface area contributed by atoms with Crippen LogP contribution in [0.25, 0.3) is 10.8 Å². The largest absolute Gasteiger partial charge is 0.279 e. The first-order valence-electron chi connectivity index (χ1n) is 6.10. The predicted molar refractivity (Wildman–Crippen MR) is 79.4 cm³/mol. The van der Waals surface area contributed by atoms with Gasteiger partial charge in [0.05, 0.1) is 11.9 Å². The summed E-state index contributed by atoms with van der Waals surface area (Å²) in [4.78, 5) is 4.12. The lowest BCUT2D eigenvalue weighted by Crippen LogP contribution is -1.90. The minimum absolute atomic E-state index is 0.973. The number of pyridine rings is 1. The van der Waals surface area contributed by atoms with Gasteiger partial charge in [0, 0.05) is 17.8 Å². The van der Waals surface area contributed by atoms with Crippen LogP contribution in [0.1, 0.15) is 5.56 Å². The molecular formula is C16H13N3. The van der Waals surface area contributed by atoms with Crippen LogP contribution >= 0.6 is 0 Å². The van der Waals surface area contributed by atoms with Gasteiger partial charge in [-0.2, -0.15) is 5.10 Å². The summed E-state index contributed by atoms with van der Waals surface area (Å²) < 4.78 is 0. The number of fused-ring (bicyclic) bond motifs is 1. The van der Waals surface area contributed by atoms with Gasteiger partial charge < -0.3 is 0 Å². The molecule has 3 nitrogen and oxygen atoms in total. The number of hydrazone groups is 1. The molecule has 1 N–H and O–H groups in total. The van der Waals surface area contributed by atoms with Crippen LogP contribution in [0.2, 0.25) is 0 Å². The topological polar surface area (TPSA) is 37.3 Å². The van der Waals surface area contributed by atoms with Crippen LogP contribution in [0.15, 0.2) is 72.1 Å². The van der Waals surface area contributed by atoms with E-state index in [1.54, 1.807) is 12.4 Å². The standard InChI is InChI=1S/C16H13N3/c1-2-4-16(5-3-1)19-18-11-13-6-7-14-8-9-17-12-15(14)10-13/h1-12,19H. The van der Waals surface area contributed by atoms with E-state index in [-0.39, 0.29) is 0 Å². The second kappa shape index (κ2) is 5.31. The maximum atomic E-state index is 4.22. The Labute approximate surface area is 111 Å². The molecule has 3 rings (SSSR count). The number of aromatic nitrogens is 1. The Morgan fingerprint density at radius 1 is 0.947 bits per heavy atom. The maximum absolute atomic E-state index is 4.22. The maximum Gasteiger partial charge on any atom is 0.0561 e. The highest BCUT2D eigenvalue weighted by Gasteiger charge is 1.94. The van der Waals surface area contributed by atoms with E-state index in [4.69, 9.17) is 0 Å². The van der Waals surface area contributed by atoms with E-state index >= 15 is 0 Å². The molecule has 0 aliphatic heterocycles. The summed E-state index contributed by atoms with van der Waals surface area (Å²) in [5.41, 5.74) is 5.01. The molecule has 3 heteroatoms. The van der Waals surface area contributed by atoms with E-state index < -0.39 is 0 Å². The molecule has 0 fully saturated rings. The summed E-state index contributed by atoms with van der Waals surface area (Å²) in [6.07, 6.45) is 5.46. The normalized spacial score (nSPS) is 10.9. The van der Waals surface area contributed by atoms with Crippen molar-refractivity contribution < 1.29 is 0 Å². The Balaban J connectivity index is 1.78. The molecule has 0 radical (unpaired) electrons. The van der Waals surface area contributed by atoms with Crippen LogP contribution < -0.4 is 5.43 Å². The van der Waals surface area contributed by atoms with Gasteiger partial charge >= 0.3 is 0 Å². The van der Waals surface area contributed by atoms with E-state index in [1.165, 1.54) is 5.39 Å². The number of benzene rings is 2. The molecule has 1 heterocycles. The summed E-state index contributed by atoms with van der Waals surface area (Å²) in [6, 6.07) is 18.0. The van der Waals surface area contributed by atoms with Gasteiger partial charge in [0.15, 0.2) is 0 Å². The van der Waals surface area contributed by atoms with Crippen molar-refractivity contribution in [2.24, 2.45) is 5.10 Å². The molecule has 3 aromatic rings. The minimum Gasteiger partial charge on any atom is -0.279 e. The molecule has 1 aromatic heterocycles. The fourth-order valence-corrected chi connectivity index (χ4v) is 1.88. The van der Waals surface area contributed by atoms with Crippen molar-refractivity contribution in [3.8, 4) is 0 Å². The Morgan fingerprint density at radius 3 is 2.74 bits per heavy atom. The van der Waals surface area contributed by atoms with Gasteiger partial charge in [-0.25, -0.2) is 0 Å². The van der Waals surface area contributed by atoms with Crippen LogP contribution in [0.5, 0.6) is 0 Å². The zero-order chi connectivity index (χ0) is 12.9. The Hall–Kier alpha value is -2.68. The number of hydrogen-bond donors (Lipinski definition) is 1. The lowest BCUT2D eigenvalue weighted by atomic mass is 10.1. The lowest BCUT2D eigenvalue weighted by molar-refractivity contribution is 1.35. The Kier molecular flexibility index (Phi) is 3.19. The third-order valence-electron chi connectivity index (χ3n) is 2.85. The van der Waals surface area contributed by atoms with Crippen molar-refractivity contribution >= 4 is 22.7 Å². The van der Waals surface area contributed by atoms with Crippen LogP contribution in [-0.2, 0) is 0 Å². The highest BCUT2D eigenvalue weighted by atomic mass is 15.3. The number of para-hydroxylation sites is 1. The molecule has 0 unspecified atom stereocenters. The first kappa shape index (κ1) is 11.4. The summed E-state index contributed by atoms with van der Waals surface area (Å²) in [6.45, 7) is 0. The highest BCUT2D eigenvalue weighted by Crippen LogP contribution is 2.13. The predicted octanol–water partition coefficient (Wildman–Crippen LogP) is 3.68. The van der Waals surface area contributed by atoms with Gasteiger partial charge in [0.1, 0.15) is 0 Å². The average molecular weight is 247 g/mol. The Bertz CT molecular complexity index is 705. The van der Waals surface area contributed by atoms with Crippen molar-refractivity contribution in [2.45, 2.75) is 0 Å². The van der Waals surface area contributed by atoms with Crippen molar-refractivity contribution in [3.05, 3.63) is 72.6 Å². The number of rotatable bonds is 3. The zero-order valence-electron chi connectivity index (χ0n) is 10.3. The molecule has 92 valence electrons. The molecule has 0 amide bonds. The third-order valence-corrected chi connectivity index (χ3v) is 2.85. The molecular weight excluding hydrogens is 234 g/mol. The highest BCUT2D eigenvalue weighted by molar-refractivity contribution is 5.90. The number of hydrogen-bond acceptors (Lipinski definition) is 3. The quantitative estimate of drug-likeness (QED) is 0.566. The fraction of sp³-hybridized carbons (Fsp3) is 0. The molecule has 0 spiro atoms. The molecule has 0 bridgehead atoms. The second-order valence-corrected chi connectivity index (χ2v) is 4.22.